The highest BCUT2D eigenvalue weighted by Crippen LogP contribution is 2.21. The van der Waals surface area contributed by atoms with Gasteiger partial charge in [0.2, 0.25) is 0 Å². The average Bonchev–Trinajstić information content (AvgIpc) is 2.90. The normalized spacial score (nSPS) is 10.6. The van der Waals surface area contributed by atoms with E-state index in [9.17, 15) is 4.79 Å². The highest BCUT2D eigenvalue weighted by Gasteiger charge is 2.10. The lowest BCUT2D eigenvalue weighted by Gasteiger charge is -2.05. The van der Waals surface area contributed by atoms with Crippen molar-refractivity contribution in [3.8, 4) is 0 Å². The monoisotopic (exact) mass is 327 g/mol. The molecule has 0 spiro atoms. The van der Waals surface area contributed by atoms with Gasteiger partial charge in [-0.25, -0.2) is 0 Å². The van der Waals surface area contributed by atoms with Crippen LogP contribution in [-0.2, 0) is 13.0 Å². The number of hydrogen-bond donors (Lipinski definition) is 2. The van der Waals surface area contributed by atoms with E-state index in [1.165, 1.54) is 4.68 Å². The second-order valence-corrected chi connectivity index (χ2v) is 5.24. The Hall–Kier alpha value is -1.63. The molecule has 0 unspecified atom stereocenters. The van der Waals surface area contributed by atoms with Gasteiger partial charge in [-0.15, -0.1) is 5.10 Å². The molecule has 0 aliphatic carbocycles. The highest BCUT2D eigenvalue weighted by molar-refractivity contribution is 6.35. The van der Waals surface area contributed by atoms with Crippen molar-refractivity contribution in [1.29, 1.82) is 0 Å². The molecule has 0 saturated carbocycles. The zero-order valence-electron chi connectivity index (χ0n) is 11.2. The van der Waals surface area contributed by atoms with Crippen LogP contribution >= 0.6 is 23.2 Å². The number of nitrogens with one attached hydrogen (secondary N) is 1. The molecule has 0 bridgehead atoms. The molecule has 0 aliphatic rings. The molecule has 1 heterocycles. The van der Waals surface area contributed by atoms with Gasteiger partial charge >= 0.3 is 0 Å². The zero-order chi connectivity index (χ0) is 15.2. The second kappa shape index (κ2) is 7.40. The Labute approximate surface area is 132 Å². The van der Waals surface area contributed by atoms with E-state index >= 15 is 0 Å². The Morgan fingerprint density at radius 3 is 2.90 bits per heavy atom. The largest absolute Gasteiger partial charge is 0.350 e. The van der Waals surface area contributed by atoms with Crippen LogP contribution in [0.1, 0.15) is 16.1 Å². The number of amides is 1. The van der Waals surface area contributed by atoms with Crippen LogP contribution in [0, 0.1) is 0 Å². The first-order valence-corrected chi connectivity index (χ1v) is 7.18. The quantitative estimate of drug-likeness (QED) is 0.842. The first kappa shape index (κ1) is 15.8. The summed E-state index contributed by atoms with van der Waals surface area (Å²) in [4.78, 5) is 11.9. The molecule has 0 aliphatic heterocycles. The SMILES string of the molecule is NCCn1cc(C(=O)NCCc2ccc(Cl)cc2Cl)nn1. The van der Waals surface area contributed by atoms with Crippen molar-refractivity contribution in [1.82, 2.24) is 20.3 Å². The van der Waals surface area contributed by atoms with Gasteiger partial charge in [0, 0.05) is 23.1 Å². The lowest BCUT2D eigenvalue weighted by molar-refractivity contribution is 0.0949. The van der Waals surface area contributed by atoms with E-state index in [0.29, 0.717) is 36.1 Å². The van der Waals surface area contributed by atoms with E-state index in [-0.39, 0.29) is 11.6 Å². The minimum atomic E-state index is -0.275. The van der Waals surface area contributed by atoms with Gasteiger partial charge in [0.05, 0.1) is 12.7 Å². The maximum Gasteiger partial charge on any atom is 0.273 e. The fourth-order valence-corrected chi connectivity index (χ4v) is 2.27. The Kier molecular flexibility index (Phi) is 5.55. The van der Waals surface area contributed by atoms with Gasteiger partial charge in [0.25, 0.3) is 5.91 Å². The number of aromatic nitrogens is 3. The summed E-state index contributed by atoms with van der Waals surface area (Å²) in [5.41, 5.74) is 6.60. The summed E-state index contributed by atoms with van der Waals surface area (Å²) in [6, 6.07) is 5.29. The van der Waals surface area contributed by atoms with Crippen LogP contribution in [0.5, 0.6) is 0 Å². The van der Waals surface area contributed by atoms with Crippen LogP contribution in [0.15, 0.2) is 24.4 Å². The molecule has 1 amide bonds. The third-order valence-electron chi connectivity index (χ3n) is 2.82. The molecule has 0 atom stereocenters. The van der Waals surface area contributed by atoms with Crippen LogP contribution < -0.4 is 11.1 Å². The summed E-state index contributed by atoms with van der Waals surface area (Å²) < 4.78 is 1.53. The van der Waals surface area contributed by atoms with E-state index in [0.717, 1.165) is 5.56 Å². The second-order valence-electron chi connectivity index (χ2n) is 4.40. The molecule has 8 heteroatoms. The number of carbonyl (C=O) groups is 1. The molecule has 6 nitrogen and oxygen atoms in total. The smallest absolute Gasteiger partial charge is 0.273 e. The molecular weight excluding hydrogens is 313 g/mol. The molecule has 3 N–H and O–H groups in total. The Bertz CT molecular complexity index is 629. The molecule has 21 heavy (non-hydrogen) atoms. The van der Waals surface area contributed by atoms with E-state index in [4.69, 9.17) is 28.9 Å². The number of nitrogens with zero attached hydrogens (tertiary/aromatic N) is 3. The van der Waals surface area contributed by atoms with Crippen molar-refractivity contribution in [2.75, 3.05) is 13.1 Å². The zero-order valence-corrected chi connectivity index (χ0v) is 12.7. The molecule has 0 fully saturated rings. The lowest BCUT2D eigenvalue weighted by Crippen LogP contribution is -2.26. The molecule has 2 aromatic rings. The minimum Gasteiger partial charge on any atom is -0.350 e. The lowest BCUT2D eigenvalue weighted by atomic mass is 10.1. The molecule has 112 valence electrons. The molecule has 1 aromatic heterocycles. The fraction of sp³-hybridized carbons (Fsp3) is 0.308. The summed E-state index contributed by atoms with van der Waals surface area (Å²) in [6.45, 7) is 1.42. The van der Waals surface area contributed by atoms with Gasteiger partial charge in [0.15, 0.2) is 5.69 Å². The number of carbonyl (C=O) groups excluding carboxylic acids is 1. The van der Waals surface area contributed by atoms with Gasteiger partial charge in [0.1, 0.15) is 0 Å². The van der Waals surface area contributed by atoms with Gasteiger partial charge in [-0.05, 0) is 24.1 Å². The number of nitrogens with two attached hydrogens (primary N) is 1. The van der Waals surface area contributed by atoms with Crippen LogP contribution in [0.4, 0.5) is 0 Å². The summed E-state index contributed by atoms with van der Waals surface area (Å²) >= 11 is 11.9. The van der Waals surface area contributed by atoms with Crippen LogP contribution in [0.25, 0.3) is 0 Å². The highest BCUT2D eigenvalue weighted by atomic mass is 35.5. The predicted octanol–water partition coefficient (Wildman–Crippen LogP) is 1.52. The van der Waals surface area contributed by atoms with Crippen molar-refractivity contribution in [2.45, 2.75) is 13.0 Å². The summed E-state index contributed by atoms with van der Waals surface area (Å²) in [7, 11) is 0. The standard InChI is InChI=1S/C13H15Cl2N5O/c14-10-2-1-9(11(15)7-10)3-5-17-13(21)12-8-20(6-4-16)19-18-12/h1-2,7-8H,3-6,16H2,(H,17,21). The van der Waals surface area contributed by atoms with Crippen LogP contribution in [0.2, 0.25) is 10.0 Å². The van der Waals surface area contributed by atoms with Crippen LogP contribution in [-0.4, -0.2) is 34.0 Å². The first-order chi connectivity index (χ1) is 10.1. The number of halogens is 2. The summed E-state index contributed by atoms with van der Waals surface area (Å²) in [5.74, 6) is -0.275. The van der Waals surface area contributed by atoms with Crippen molar-refractivity contribution < 1.29 is 4.79 Å². The van der Waals surface area contributed by atoms with Crippen molar-refractivity contribution >= 4 is 29.1 Å². The molecule has 0 radical (unpaired) electrons. The predicted molar refractivity (Wildman–Crippen MR) is 81.6 cm³/mol. The van der Waals surface area contributed by atoms with Gasteiger partial charge in [-0.1, -0.05) is 34.5 Å². The Morgan fingerprint density at radius 2 is 2.19 bits per heavy atom. The van der Waals surface area contributed by atoms with Gasteiger partial charge in [-0.3, -0.25) is 9.48 Å². The number of benzene rings is 1. The van der Waals surface area contributed by atoms with E-state index in [1.807, 2.05) is 6.07 Å². The topological polar surface area (TPSA) is 85.8 Å². The van der Waals surface area contributed by atoms with Gasteiger partial charge < -0.3 is 11.1 Å². The van der Waals surface area contributed by atoms with Crippen molar-refractivity contribution in [2.24, 2.45) is 5.73 Å². The molecule has 1 aromatic carbocycles. The maximum atomic E-state index is 11.9. The van der Waals surface area contributed by atoms with Crippen LogP contribution in [0.3, 0.4) is 0 Å². The van der Waals surface area contributed by atoms with E-state index in [2.05, 4.69) is 15.6 Å². The number of hydrogen-bond acceptors (Lipinski definition) is 4. The third kappa shape index (κ3) is 4.42. The van der Waals surface area contributed by atoms with E-state index < -0.39 is 0 Å². The van der Waals surface area contributed by atoms with Crippen molar-refractivity contribution in [3.05, 3.63) is 45.7 Å². The first-order valence-electron chi connectivity index (χ1n) is 6.42. The Balaban J connectivity index is 1.86. The summed E-state index contributed by atoms with van der Waals surface area (Å²) in [5, 5.41) is 11.5. The average molecular weight is 328 g/mol. The third-order valence-corrected chi connectivity index (χ3v) is 3.41. The fourth-order valence-electron chi connectivity index (χ4n) is 1.77. The molecule has 2 rings (SSSR count). The molecular formula is C13H15Cl2N5O. The van der Waals surface area contributed by atoms with Crippen molar-refractivity contribution in [3.63, 3.8) is 0 Å². The Morgan fingerprint density at radius 1 is 1.38 bits per heavy atom. The van der Waals surface area contributed by atoms with Gasteiger partial charge in [-0.2, -0.15) is 0 Å². The van der Waals surface area contributed by atoms with E-state index in [1.54, 1.807) is 18.3 Å². The summed E-state index contributed by atoms with van der Waals surface area (Å²) in [6.07, 6.45) is 2.18. The minimum absolute atomic E-state index is 0.269. The maximum absolute atomic E-state index is 11.9. The number of rotatable bonds is 6. The molecule has 0 saturated heterocycles.